The Morgan fingerprint density at radius 3 is 2.72 bits per heavy atom. The number of aromatic nitrogens is 1. The summed E-state index contributed by atoms with van der Waals surface area (Å²) in [6.45, 7) is 1.31. The summed E-state index contributed by atoms with van der Waals surface area (Å²) in [4.78, 5) is 39.3. The number of fused-ring (bicyclic) bond motifs is 1. The summed E-state index contributed by atoms with van der Waals surface area (Å²) in [5.41, 5.74) is 1.43. The number of anilines is 1. The van der Waals surface area contributed by atoms with E-state index in [2.05, 4.69) is 10.3 Å². The first-order chi connectivity index (χ1) is 15.4. The highest BCUT2D eigenvalue weighted by atomic mass is 16.6. The van der Waals surface area contributed by atoms with Gasteiger partial charge in [-0.2, -0.15) is 0 Å². The lowest BCUT2D eigenvalue weighted by molar-refractivity contribution is -0.385. The van der Waals surface area contributed by atoms with Crippen LogP contribution in [0.5, 0.6) is 5.75 Å². The number of para-hydroxylation sites is 1. The third-order valence-corrected chi connectivity index (χ3v) is 4.66. The smallest absolute Gasteiger partial charge is 0.347 e. The first-order valence-electron chi connectivity index (χ1n) is 9.59. The molecule has 9 heteroatoms. The van der Waals surface area contributed by atoms with E-state index in [1.54, 1.807) is 55.5 Å². The minimum absolute atomic E-state index is 0.0208. The molecule has 0 bridgehead atoms. The van der Waals surface area contributed by atoms with Gasteiger partial charge in [0.2, 0.25) is 5.89 Å². The largest absolute Gasteiger partial charge is 0.484 e. The number of benzene rings is 3. The van der Waals surface area contributed by atoms with Crippen LogP contribution in [0.3, 0.4) is 0 Å². The van der Waals surface area contributed by atoms with E-state index >= 15 is 0 Å². The minimum atomic E-state index is -0.494. The maximum atomic E-state index is 12.3. The Labute approximate surface area is 181 Å². The molecule has 0 atom stereocenters. The monoisotopic (exact) mass is 431 g/mol. The molecule has 0 saturated heterocycles. The molecule has 0 spiro atoms. The van der Waals surface area contributed by atoms with Gasteiger partial charge in [-0.05, 0) is 49.4 Å². The zero-order chi connectivity index (χ0) is 22.7. The van der Waals surface area contributed by atoms with Gasteiger partial charge in [0.1, 0.15) is 5.75 Å². The second kappa shape index (κ2) is 8.68. The standard InChI is InChI=1S/C23H17N3O6/c1-14-11-17(9-10-20(14)26(29)30)31-13-21(27)24-16-6-4-5-15(12-16)22-25-19-8-3-2-7-18(19)23(28)32-22/h2-12H,13H2,1H3,(H,24,27). The second-order valence-corrected chi connectivity index (χ2v) is 6.95. The van der Waals surface area contributed by atoms with Gasteiger partial charge in [0, 0.05) is 22.9 Å². The summed E-state index contributed by atoms with van der Waals surface area (Å²) >= 11 is 0. The SMILES string of the molecule is Cc1cc(OCC(=O)Nc2cccc(-c3nc4ccccc4c(=O)o3)c2)ccc1[N+](=O)[O-]. The molecule has 0 aliphatic rings. The number of aryl methyl sites for hydroxylation is 1. The molecule has 0 unspecified atom stereocenters. The lowest BCUT2D eigenvalue weighted by Crippen LogP contribution is -2.20. The van der Waals surface area contributed by atoms with Gasteiger partial charge in [0.25, 0.3) is 11.6 Å². The van der Waals surface area contributed by atoms with Gasteiger partial charge in [-0.25, -0.2) is 9.78 Å². The van der Waals surface area contributed by atoms with Gasteiger partial charge in [-0.15, -0.1) is 0 Å². The van der Waals surface area contributed by atoms with E-state index in [0.717, 1.165) is 0 Å². The fourth-order valence-electron chi connectivity index (χ4n) is 3.14. The Bertz CT molecular complexity index is 1400. The van der Waals surface area contributed by atoms with Crippen LogP contribution in [-0.2, 0) is 4.79 Å². The molecular formula is C23H17N3O6. The van der Waals surface area contributed by atoms with Crippen LogP contribution < -0.4 is 15.7 Å². The molecule has 4 rings (SSSR count). The van der Waals surface area contributed by atoms with Crippen molar-refractivity contribution >= 4 is 28.2 Å². The molecular weight excluding hydrogens is 414 g/mol. The highest BCUT2D eigenvalue weighted by molar-refractivity contribution is 5.92. The number of nitrogens with one attached hydrogen (secondary N) is 1. The van der Waals surface area contributed by atoms with E-state index in [1.165, 1.54) is 18.2 Å². The normalized spacial score (nSPS) is 10.7. The molecule has 0 aliphatic carbocycles. The van der Waals surface area contributed by atoms with Gasteiger partial charge < -0.3 is 14.5 Å². The number of hydrogen-bond donors (Lipinski definition) is 1. The molecule has 0 aliphatic heterocycles. The molecule has 4 aromatic rings. The molecule has 9 nitrogen and oxygen atoms in total. The second-order valence-electron chi connectivity index (χ2n) is 6.95. The van der Waals surface area contributed by atoms with Gasteiger partial charge in [-0.3, -0.25) is 14.9 Å². The molecule has 1 aromatic heterocycles. The highest BCUT2D eigenvalue weighted by Gasteiger charge is 2.13. The van der Waals surface area contributed by atoms with Crippen LogP contribution in [0.15, 0.2) is 75.9 Å². The zero-order valence-electron chi connectivity index (χ0n) is 16.9. The van der Waals surface area contributed by atoms with Crippen LogP contribution in [0.2, 0.25) is 0 Å². The third kappa shape index (κ3) is 4.46. The van der Waals surface area contributed by atoms with Crippen molar-refractivity contribution in [3.63, 3.8) is 0 Å². The van der Waals surface area contributed by atoms with E-state index in [1.807, 2.05) is 0 Å². The number of nitro benzene ring substituents is 1. The maximum absolute atomic E-state index is 12.3. The van der Waals surface area contributed by atoms with Crippen molar-refractivity contribution in [1.29, 1.82) is 0 Å². The summed E-state index contributed by atoms with van der Waals surface area (Å²) in [7, 11) is 0. The van der Waals surface area contributed by atoms with E-state index in [9.17, 15) is 19.7 Å². The van der Waals surface area contributed by atoms with Crippen LogP contribution in [0.4, 0.5) is 11.4 Å². The average molecular weight is 431 g/mol. The fraction of sp³-hybridized carbons (Fsp3) is 0.0870. The van der Waals surface area contributed by atoms with E-state index < -0.39 is 16.5 Å². The third-order valence-electron chi connectivity index (χ3n) is 4.66. The molecule has 0 radical (unpaired) electrons. The summed E-state index contributed by atoms with van der Waals surface area (Å²) in [5, 5.41) is 14.0. The van der Waals surface area contributed by atoms with Crippen LogP contribution in [0.1, 0.15) is 5.56 Å². The van der Waals surface area contributed by atoms with Crippen LogP contribution in [-0.4, -0.2) is 22.4 Å². The van der Waals surface area contributed by atoms with Crippen LogP contribution in [0, 0.1) is 17.0 Å². The number of nitrogens with zero attached hydrogens (tertiary/aromatic N) is 2. The van der Waals surface area contributed by atoms with E-state index in [0.29, 0.717) is 33.5 Å². The Morgan fingerprint density at radius 2 is 1.94 bits per heavy atom. The summed E-state index contributed by atoms with van der Waals surface area (Å²) in [6.07, 6.45) is 0. The molecule has 1 N–H and O–H groups in total. The van der Waals surface area contributed by atoms with Crippen molar-refractivity contribution in [3.8, 4) is 17.2 Å². The van der Waals surface area contributed by atoms with Crippen molar-refractivity contribution in [2.75, 3.05) is 11.9 Å². The van der Waals surface area contributed by atoms with Crippen molar-refractivity contribution in [3.05, 3.63) is 92.8 Å². The average Bonchev–Trinajstić information content (AvgIpc) is 2.77. The number of nitro groups is 1. The topological polar surface area (TPSA) is 125 Å². The lowest BCUT2D eigenvalue weighted by atomic mass is 10.2. The van der Waals surface area contributed by atoms with Gasteiger partial charge in [0.05, 0.1) is 15.8 Å². The molecule has 0 fully saturated rings. The lowest BCUT2D eigenvalue weighted by Gasteiger charge is -2.09. The van der Waals surface area contributed by atoms with Gasteiger partial charge in [0.15, 0.2) is 6.61 Å². The number of carbonyl (C=O) groups excluding carboxylic acids is 1. The van der Waals surface area contributed by atoms with Crippen molar-refractivity contribution in [2.24, 2.45) is 0 Å². The number of ether oxygens (including phenoxy) is 1. The summed E-state index contributed by atoms with van der Waals surface area (Å²) in [5.74, 6) is 0.0626. The first-order valence-corrected chi connectivity index (χ1v) is 9.59. The summed E-state index contributed by atoms with van der Waals surface area (Å²) in [6, 6.07) is 17.9. The Morgan fingerprint density at radius 1 is 1.12 bits per heavy atom. The zero-order valence-corrected chi connectivity index (χ0v) is 16.9. The quantitative estimate of drug-likeness (QED) is 0.360. The highest BCUT2D eigenvalue weighted by Crippen LogP contribution is 2.24. The van der Waals surface area contributed by atoms with Crippen molar-refractivity contribution in [2.45, 2.75) is 6.92 Å². The number of rotatable bonds is 6. The minimum Gasteiger partial charge on any atom is -0.484 e. The fourth-order valence-corrected chi connectivity index (χ4v) is 3.14. The number of hydrogen-bond acceptors (Lipinski definition) is 7. The molecule has 3 aromatic carbocycles. The van der Waals surface area contributed by atoms with Crippen LogP contribution in [0.25, 0.3) is 22.4 Å². The van der Waals surface area contributed by atoms with Gasteiger partial charge in [-0.1, -0.05) is 18.2 Å². The maximum Gasteiger partial charge on any atom is 0.347 e. The Balaban J connectivity index is 1.46. The van der Waals surface area contributed by atoms with E-state index in [4.69, 9.17) is 9.15 Å². The van der Waals surface area contributed by atoms with E-state index in [-0.39, 0.29) is 18.2 Å². The molecule has 1 amide bonds. The van der Waals surface area contributed by atoms with Crippen molar-refractivity contribution in [1.82, 2.24) is 4.98 Å². The predicted octanol–water partition coefficient (Wildman–Crippen LogP) is 4.09. The number of amides is 1. The predicted molar refractivity (Wildman–Crippen MR) is 118 cm³/mol. The molecule has 1 heterocycles. The van der Waals surface area contributed by atoms with Crippen LogP contribution >= 0.6 is 0 Å². The Hall–Kier alpha value is -4.53. The summed E-state index contributed by atoms with van der Waals surface area (Å²) < 4.78 is 10.8. The van der Waals surface area contributed by atoms with Gasteiger partial charge >= 0.3 is 5.63 Å². The first kappa shape index (κ1) is 20.7. The molecule has 0 saturated carbocycles. The Kier molecular flexibility index (Phi) is 5.63. The number of carbonyl (C=O) groups is 1. The molecule has 32 heavy (non-hydrogen) atoms. The molecule has 160 valence electrons. The van der Waals surface area contributed by atoms with Crippen molar-refractivity contribution < 1.29 is 18.9 Å².